The highest BCUT2D eigenvalue weighted by atomic mass is 16.2. The van der Waals surface area contributed by atoms with Gasteiger partial charge in [-0.25, -0.2) is 0 Å². The molecular weight excluding hydrogens is 298 g/mol. The Morgan fingerprint density at radius 2 is 1.79 bits per heavy atom. The van der Waals surface area contributed by atoms with Crippen molar-refractivity contribution < 1.29 is 4.79 Å². The van der Waals surface area contributed by atoms with Gasteiger partial charge in [0.1, 0.15) is 6.04 Å². The minimum Gasteiger partial charge on any atom is -0.354 e. The Hall–Kier alpha value is -2.17. The fourth-order valence-electron chi connectivity index (χ4n) is 3.18. The van der Waals surface area contributed by atoms with Gasteiger partial charge in [0, 0.05) is 26.2 Å². The van der Waals surface area contributed by atoms with E-state index in [-0.39, 0.29) is 5.91 Å². The molecular formula is C20H25N3O. The molecule has 0 saturated carbocycles. The number of hydrogen-bond acceptors (Lipinski definition) is 3. The molecule has 0 saturated heterocycles. The number of nitrogens with one attached hydrogen (secondary N) is 1. The fraction of sp³-hybridized carbons (Fsp3) is 0.350. The maximum absolute atomic E-state index is 12.1. The first-order valence-corrected chi connectivity index (χ1v) is 8.61. The first-order valence-electron chi connectivity index (χ1n) is 8.61. The lowest BCUT2D eigenvalue weighted by Crippen LogP contribution is -2.37. The van der Waals surface area contributed by atoms with Crippen LogP contribution in [0.3, 0.4) is 0 Å². The predicted molar refractivity (Wildman–Crippen MR) is 96.4 cm³/mol. The van der Waals surface area contributed by atoms with Crippen molar-refractivity contribution in [3.63, 3.8) is 0 Å². The van der Waals surface area contributed by atoms with Gasteiger partial charge in [0.2, 0.25) is 5.91 Å². The van der Waals surface area contributed by atoms with Gasteiger partial charge in [0.25, 0.3) is 0 Å². The van der Waals surface area contributed by atoms with E-state index in [0.717, 1.165) is 38.0 Å². The van der Waals surface area contributed by atoms with Crippen LogP contribution in [0.25, 0.3) is 0 Å². The van der Waals surface area contributed by atoms with E-state index in [1.54, 1.807) is 0 Å². The van der Waals surface area contributed by atoms with Crippen molar-refractivity contribution in [3.8, 4) is 0 Å². The number of amides is 1. The molecule has 1 atom stereocenters. The van der Waals surface area contributed by atoms with E-state index in [0.29, 0.717) is 6.54 Å². The van der Waals surface area contributed by atoms with Crippen molar-refractivity contribution in [2.45, 2.75) is 25.4 Å². The van der Waals surface area contributed by atoms with Crippen molar-refractivity contribution in [1.82, 2.24) is 10.2 Å². The van der Waals surface area contributed by atoms with E-state index in [9.17, 15) is 4.79 Å². The molecule has 4 heteroatoms. The Morgan fingerprint density at radius 1 is 1.08 bits per heavy atom. The van der Waals surface area contributed by atoms with E-state index >= 15 is 0 Å². The second kappa shape index (κ2) is 8.08. The van der Waals surface area contributed by atoms with Gasteiger partial charge in [0.15, 0.2) is 0 Å². The third-order valence-electron chi connectivity index (χ3n) is 4.60. The number of benzene rings is 2. The van der Waals surface area contributed by atoms with Crippen molar-refractivity contribution in [2.75, 3.05) is 19.6 Å². The van der Waals surface area contributed by atoms with Crippen LogP contribution in [0.4, 0.5) is 0 Å². The van der Waals surface area contributed by atoms with Gasteiger partial charge in [0.05, 0.1) is 0 Å². The van der Waals surface area contributed by atoms with E-state index in [2.05, 4.69) is 34.5 Å². The maximum atomic E-state index is 12.1. The molecule has 1 unspecified atom stereocenters. The second-order valence-corrected chi connectivity index (χ2v) is 6.33. The molecule has 126 valence electrons. The number of carbonyl (C=O) groups excluding carboxylic acids is 1. The molecule has 1 aliphatic rings. The zero-order valence-electron chi connectivity index (χ0n) is 13.9. The van der Waals surface area contributed by atoms with Gasteiger partial charge in [-0.2, -0.15) is 0 Å². The highest BCUT2D eigenvalue weighted by Gasteiger charge is 2.16. The smallest absolute Gasteiger partial charge is 0.241 e. The molecule has 1 aliphatic heterocycles. The molecule has 0 radical (unpaired) electrons. The molecule has 0 fully saturated rings. The fourth-order valence-corrected chi connectivity index (χ4v) is 3.18. The van der Waals surface area contributed by atoms with Crippen LogP contribution in [0.5, 0.6) is 0 Å². The molecule has 0 aromatic heterocycles. The second-order valence-electron chi connectivity index (χ2n) is 6.33. The summed E-state index contributed by atoms with van der Waals surface area (Å²) in [5.74, 6) is -0.106. The minimum absolute atomic E-state index is 0.106. The van der Waals surface area contributed by atoms with Gasteiger partial charge in [-0.15, -0.1) is 0 Å². The SMILES string of the molecule is NC(C(=O)NCCCN1CCc2ccccc2C1)c1ccccc1. The lowest BCUT2D eigenvalue weighted by Gasteiger charge is -2.28. The normalized spacial score (nSPS) is 15.5. The maximum Gasteiger partial charge on any atom is 0.241 e. The third kappa shape index (κ3) is 4.22. The molecule has 4 nitrogen and oxygen atoms in total. The number of nitrogens with zero attached hydrogens (tertiary/aromatic N) is 1. The molecule has 1 heterocycles. The molecule has 24 heavy (non-hydrogen) atoms. The Balaban J connectivity index is 1.39. The summed E-state index contributed by atoms with van der Waals surface area (Å²) < 4.78 is 0. The van der Waals surface area contributed by atoms with E-state index in [1.807, 2.05) is 30.3 Å². The monoisotopic (exact) mass is 323 g/mol. The molecule has 1 amide bonds. The van der Waals surface area contributed by atoms with Crippen LogP contribution in [-0.4, -0.2) is 30.4 Å². The van der Waals surface area contributed by atoms with Crippen LogP contribution in [0, 0.1) is 0 Å². The van der Waals surface area contributed by atoms with Crippen LogP contribution < -0.4 is 11.1 Å². The first kappa shape index (κ1) is 16.7. The summed E-state index contributed by atoms with van der Waals surface area (Å²) in [6.07, 6.45) is 2.05. The van der Waals surface area contributed by atoms with Gasteiger partial charge >= 0.3 is 0 Å². The van der Waals surface area contributed by atoms with Gasteiger partial charge in [-0.05, 0) is 29.5 Å². The zero-order valence-corrected chi connectivity index (χ0v) is 13.9. The number of hydrogen-bond donors (Lipinski definition) is 2. The van der Waals surface area contributed by atoms with Gasteiger partial charge in [-0.3, -0.25) is 9.69 Å². The van der Waals surface area contributed by atoms with E-state index in [1.165, 1.54) is 11.1 Å². The van der Waals surface area contributed by atoms with Crippen molar-refractivity contribution >= 4 is 5.91 Å². The summed E-state index contributed by atoms with van der Waals surface area (Å²) in [5.41, 5.74) is 9.74. The molecule has 0 bridgehead atoms. The van der Waals surface area contributed by atoms with Crippen molar-refractivity contribution in [1.29, 1.82) is 0 Å². The minimum atomic E-state index is -0.590. The van der Waals surface area contributed by atoms with E-state index in [4.69, 9.17) is 5.73 Å². The molecule has 2 aromatic rings. The molecule has 3 N–H and O–H groups in total. The number of carbonyl (C=O) groups is 1. The highest BCUT2D eigenvalue weighted by molar-refractivity contribution is 5.82. The lowest BCUT2D eigenvalue weighted by atomic mass is 10.00. The average molecular weight is 323 g/mol. The Kier molecular flexibility index (Phi) is 5.62. The van der Waals surface area contributed by atoms with Crippen molar-refractivity contribution in [2.24, 2.45) is 5.73 Å². The van der Waals surface area contributed by atoms with Crippen LogP contribution >= 0.6 is 0 Å². The summed E-state index contributed by atoms with van der Waals surface area (Å²) in [6, 6.07) is 17.5. The highest BCUT2D eigenvalue weighted by Crippen LogP contribution is 2.18. The summed E-state index contributed by atoms with van der Waals surface area (Å²) in [5, 5.41) is 2.95. The van der Waals surface area contributed by atoms with Crippen LogP contribution in [0.1, 0.15) is 29.2 Å². The average Bonchev–Trinajstić information content (AvgIpc) is 2.65. The third-order valence-corrected chi connectivity index (χ3v) is 4.60. The van der Waals surface area contributed by atoms with Gasteiger partial charge in [-0.1, -0.05) is 54.6 Å². The summed E-state index contributed by atoms with van der Waals surface area (Å²) in [4.78, 5) is 14.6. The number of rotatable bonds is 6. The molecule has 3 rings (SSSR count). The lowest BCUT2D eigenvalue weighted by molar-refractivity contribution is -0.122. The summed E-state index contributed by atoms with van der Waals surface area (Å²) >= 11 is 0. The molecule has 2 aromatic carbocycles. The topological polar surface area (TPSA) is 58.4 Å². The van der Waals surface area contributed by atoms with E-state index < -0.39 is 6.04 Å². The van der Waals surface area contributed by atoms with Crippen LogP contribution in [-0.2, 0) is 17.8 Å². The number of nitrogens with two attached hydrogens (primary N) is 1. The summed E-state index contributed by atoms with van der Waals surface area (Å²) in [6.45, 7) is 3.76. The quantitative estimate of drug-likeness (QED) is 0.802. The first-order chi connectivity index (χ1) is 11.7. The van der Waals surface area contributed by atoms with Gasteiger partial charge < -0.3 is 11.1 Å². The Morgan fingerprint density at radius 3 is 2.58 bits per heavy atom. The number of fused-ring (bicyclic) bond motifs is 1. The zero-order chi connectivity index (χ0) is 16.8. The largest absolute Gasteiger partial charge is 0.354 e. The van der Waals surface area contributed by atoms with Crippen LogP contribution in [0.15, 0.2) is 54.6 Å². The predicted octanol–water partition coefficient (Wildman–Crippen LogP) is 2.25. The Bertz CT molecular complexity index is 672. The molecule has 0 aliphatic carbocycles. The summed E-state index contributed by atoms with van der Waals surface area (Å²) in [7, 11) is 0. The van der Waals surface area contributed by atoms with Crippen LogP contribution in [0.2, 0.25) is 0 Å². The van der Waals surface area contributed by atoms with Crippen molar-refractivity contribution in [3.05, 3.63) is 71.3 Å². The Labute approximate surface area is 143 Å². The molecule has 0 spiro atoms. The standard InChI is InChI=1S/C20H25N3O/c21-19(17-8-2-1-3-9-17)20(24)22-12-6-13-23-14-11-16-7-4-5-10-18(16)15-23/h1-5,7-10,19H,6,11-15,21H2,(H,22,24).